The maximum absolute atomic E-state index is 13.5. The first-order valence-corrected chi connectivity index (χ1v) is 5.40. The molecule has 0 saturated carbocycles. The number of benzene rings is 1. The minimum Gasteiger partial charge on any atom is -0.478 e. The van der Waals surface area contributed by atoms with Crippen molar-refractivity contribution in [1.29, 1.82) is 0 Å². The molecule has 88 valence electrons. The average molecular weight is 345 g/mol. The second-order valence-corrected chi connectivity index (χ2v) is 4.84. The number of rotatable bonds is 3. The number of carbonyl (C=O) groups is 1. The molecule has 7 heteroatoms. The number of hydrogen-bond acceptors (Lipinski definition) is 2. The predicted octanol–water partition coefficient (Wildman–Crippen LogP) is 3.00. The Labute approximate surface area is 103 Å². The lowest BCUT2D eigenvalue weighted by Crippen LogP contribution is -2.14. The molecule has 1 aromatic rings. The Morgan fingerprint density at radius 2 is 2.00 bits per heavy atom. The topological polar surface area (TPSA) is 49.3 Å². The van der Waals surface area contributed by atoms with Crippen LogP contribution in [0.1, 0.15) is 17.3 Å². The highest BCUT2D eigenvalue weighted by Gasteiger charge is 2.22. The molecule has 0 aliphatic carbocycles. The van der Waals surface area contributed by atoms with Crippen LogP contribution >= 0.6 is 22.6 Å². The van der Waals surface area contributed by atoms with Crippen LogP contribution in [0.25, 0.3) is 0 Å². The second kappa shape index (κ2) is 4.89. The summed E-state index contributed by atoms with van der Waals surface area (Å²) in [5.41, 5.74) is -1.67. The Morgan fingerprint density at radius 3 is 2.44 bits per heavy atom. The fraction of sp³-hybridized carbons (Fsp3) is 0.222. The van der Waals surface area contributed by atoms with Gasteiger partial charge >= 0.3 is 5.97 Å². The van der Waals surface area contributed by atoms with Crippen LogP contribution in [0.5, 0.6) is 0 Å². The van der Waals surface area contributed by atoms with Gasteiger partial charge in [0.05, 0.1) is 4.05 Å². The normalized spacial score (nSPS) is 12.3. The molecule has 0 spiro atoms. The summed E-state index contributed by atoms with van der Waals surface area (Å²) in [6.45, 7) is 1.57. The smallest absolute Gasteiger partial charge is 0.338 e. The van der Waals surface area contributed by atoms with E-state index in [4.69, 9.17) is 5.11 Å². The molecule has 0 fully saturated rings. The minimum absolute atomic E-state index is 0.316. The molecule has 0 bridgehead atoms. The van der Waals surface area contributed by atoms with Crippen molar-refractivity contribution in [3.63, 3.8) is 0 Å². The van der Waals surface area contributed by atoms with Crippen molar-refractivity contribution >= 4 is 34.2 Å². The van der Waals surface area contributed by atoms with Crippen molar-refractivity contribution in [2.24, 2.45) is 0 Å². The maximum Gasteiger partial charge on any atom is 0.338 e. The molecule has 1 atom stereocenters. The third-order valence-electron chi connectivity index (χ3n) is 1.73. The molecule has 0 radical (unpaired) electrons. The van der Waals surface area contributed by atoms with Gasteiger partial charge < -0.3 is 10.4 Å². The van der Waals surface area contributed by atoms with Gasteiger partial charge in [-0.15, -0.1) is 0 Å². The van der Waals surface area contributed by atoms with Gasteiger partial charge in [0, 0.05) is 0 Å². The monoisotopic (exact) mass is 345 g/mol. The first-order chi connectivity index (χ1) is 7.34. The highest BCUT2D eigenvalue weighted by molar-refractivity contribution is 14.1. The third-order valence-corrected chi connectivity index (χ3v) is 2.04. The zero-order valence-electron chi connectivity index (χ0n) is 8.02. The lowest BCUT2D eigenvalue weighted by atomic mass is 10.1. The van der Waals surface area contributed by atoms with E-state index in [1.165, 1.54) is 0 Å². The van der Waals surface area contributed by atoms with Gasteiger partial charge in [0.2, 0.25) is 0 Å². The van der Waals surface area contributed by atoms with E-state index in [2.05, 4.69) is 5.32 Å². The van der Waals surface area contributed by atoms with Gasteiger partial charge in [-0.25, -0.2) is 18.0 Å². The van der Waals surface area contributed by atoms with Crippen LogP contribution in [0.2, 0.25) is 0 Å². The minimum atomic E-state index is -1.65. The number of hydrogen-bond donors (Lipinski definition) is 2. The predicted molar refractivity (Wildman–Crippen MR) is 60.4 cm³/mol. The summed E-state index contributed by atoms with van der Waals surface area (Å²) >= 11 is 1.81. The van der Waals surface area contributed by atoms with Gasteiger partial charge in [0.15, 0.2) is 17.5 Å². The van der Waals surface area contributed by atoms with E-state index in [1.54, 1.807) is 29.5 Å². The Morgan fingerprint density at radius 1 is 1.44 bits per heavy atom. The largest absolute Gasteiger partial charge is 0.478 e. The van der Waals surface area contributed by atoms with E-state index in [9.17, 15) is 18.0 Å². The molecule has 0 aromatic heterocycles. The number of halogens is 4. The number of carboxylic acids is 1. The molecule has 1 rings (SSSR count). The molecule has 0 aliphatic heterocycles. The highest BCUT2D eigenvalue weighted by Crippen LogP contribution is 2.26. The summed E-state index contributed by atoms with van der Waals surface area (Å²) in [5, 5.41) is 10.9. The van der Waals surface area contributed by atoms with Crippen molar-refractivity contribution < 1.29 is 23.1 Å². The van der Waals surface area contributed by atoms with Crippen molar-refractivity contribution in [1.82, 2.24) is 0 Å². The Bertz CT molecular complexity index is 437. The molecule has 3 nitrogen and oxygen atoms in total. The van der Waals surface area contributed by atoms with Gasteiger partial charge in [-0.3, -0.25) is 0 Å². The standard InChI is InChI=1S/C9H7F3INO2/c1-3(13)14-8-6(11)4(9(15)16)2-5(10)7(8)12/h2-3,14H,1H3,(H,15,16)/t3-/m0/s1. The molecule has 0 saturated heterocycles. The molecular formula is C9H7F3INO2. The summed E-state index contributed by atoms with van der Waals surface area (Å²) < 4.78 is 39.3. The molecule has 1 aromatic carbocycles. The number of anilines is 1. The summed E-state index contributed by atoms with van der Waals surface area (Å²) in [6.07, 6.45) is 0. The van der Waals surface area contributed by atoms with Crippen LogP contribution in [0.15, 0.2) is 6.07 Å². The highest BCUT2D eigenvalue weighted by atomic mass is 127. The van der Waals surface area contributed by atoms with Crippen molar-refractivity contribution in [3.8, 4) is 0 Å². The summed E-state index contributed by atoms with van der Waals surface area (Å²) in [4.78, 5) is 10.6. The summed E-state index contributed by atoms with van der Waals surface area (Å²) in [6, 6.07) is 0.316. The van der Waals surface area contributed by atoms with Crippen LogP contribution in [0, 0.1) is 17.5 Å². The molecule has 0 heterocycles. The molecule has 0 aliphatic rings. The van der Waals surface area contributed by atoms with Crippen molar-refractivity contribution in [2.75, 3.05) is 5.32 Å². The fourth-order valence-corrected chi connectivity index (χ4v) is 1.40. The van der Waals surface area contributed by atoms with Gasteiger partial charge in [-0.2, -0.15) is 0 Å². The van der Waals surface area contributed by atoms with Crippen molar-refractivity contribution in [3.05, 3.63) is 29.1 Å². The Kier molecular flexibility index (Phi) is 4.00. The van der Waals surface area contributed by atoms with E-state index in [-0.39, 0.29) is 4.05 Å². The van der Waals surface area contributed by atoms with E-state index in [0.29, 0.717) is 6.07 Å². The van der Waals surface area contributed by atoms with Crippen LogP contribution in [-0.4, -0.2) is 15.1 Å². The average Bonchev–Trinajstić information content (AvgIpc) is 2.17. The lowest BCUT2D eigenvalue weighted by molar-refractivity contribution is 0.0691. The Hall–Kier alpha value is -0.990. The molecule has 2 N–H and O–H groups in total. The molecule has 0 unspecified atom stereocenters. The quantitative estimate of drug-likeness (QED) is 0.383. The van der Waals surface area contributed by atoms with E-state index in [1.807, 2.05) is 0 Å². The number of carboxylic acid groups (broad SMARTS) is 1. The summed E-state index contributed by atoms with van der Waals surface area (Å²) in [5.74, 6) is -5.79. The lowest BCUT2D eigenvalue weighted by Gasteiger charge is -2.12. The van der Waals surface area contributed by atoms with Crippen LogP contribution in [0.3, 0.4) is 0 Å². The molecule has 16 heavy (non-hydrogen) atoms. The molecule has 0 amide bonds. The van der Waals surface area contributed by atoms with Crippen LogP contribution in [-0.2, 0) is 0 Å². The number of aromatic carboxylic acids is 1. The SMILES string of the molecule is C[C@@H](I)Nc1c(F)c(F)cc(C(=O)O)c1F. The van der Waals surface area contributed by atoms with Gasteiger partial charge in [-0.05, 0) is 13.0 Å². The maximum atomic E-state index is 13.5. The van der Waals surface area contributed by atoms with E-state index < -0.39 is 34.7 Å². The van der Waals surface area contributed by atoms with E-state index >= 15 is 0 Å². The van der Waals surface area contributed by atoms with Crippen LogP contribution < -0.4 is 5.32 Å². The van der Waals surface area contributed by atoms with Gasteiger partial charge in [-0.1, -0.05) is 22.6 Å². The molecular weight excluding hydrogens is 338 g/mol. The second-order valence-electron chi connectivity index (χ2n) is 2.97. The van der Waals surface area contributed by atoms with Gasteiger partial charge in [0.25, 0.3) is 0 Å². The van der Waals surface area contributed by atoms with E-state index in [0.717, 1.165) is 0 Å². The van der Waals surface area contributed by atoms with Gasteiger partial charge in [0.1, 0.15) is 11.3 Å². The fourth-order valence-electron chi connectivity index (χ4n) is 1.09. The Balaban J connectivity index is 3.39. The zero-order valence-corrected chi connectivity index (χ0v) is 10.2. The first-order valence-electron chi connectivity index (χ1n) is 4.16. The van der Waals surface area contributed by atoms with Crippen LogP contribution in [0.4, 0.5) is 18.9 Å². The zero-order chi connectivity index (χ0) is 12.5. The number of nitrogens with one attached hydrogen (secondary N) is 1. The number of alkyl halides is 1. The summed E-state index contributed by atoms with van der Waals surface area (Å²) in [7, 11) is 0. The third kappa shape index (κ3) is 2.57. The first kappa shape index (κ1) is 13.1. The van der Waals surface area contributed by atoms with Crippen molar-refractivity contribution in [2.45, 2.75) is 11.0 Å².